The van der Waals surface area contributed by atoms with Gasteiger partial charge in [0.15, 0.2) is 0 Å². The molecule has 3 heterocycles. The second kappa shape index (κ2) is 5.88. The maximum Gasteiger partial charge on any atom is 0.228 e. The second-order valence-corrected chi connectivity index (χ2v) is 5.70. The lowest BCUT2D eigenvalue weighted by Crippen LogP contribution is -2.51. The van der Waals surface area contributed by atoms with Gasteiger partial charge in [-0.1, -0.05) is 5.21 Å². The number of aryl methyl sites for hydroxylation is 1. The molecule has 8 heteroatoms. The van der Waals surface area contributed by atoms with Crippen LogP contribution in [-0.4, -0.2) is 55.9 Å². The summed E-state index contributed by atoms with van der Waals surface area (Å²) in [5, 5.41) is 18.6. The van der Waals surface area contributed by atoms with E-state index in [1.807, 2.05) is 11.8 Å². The normalized spacial score (nSPS) is 21.9. The molecule has 0 aliphatic carbocycles. The molecule has 1 N–H and O–H groups in total. The summed E-state index contributed by atoms with van der Waals surface area (Å²) in [6.45, 7) is 3.58. The van der Waals surface area contributed by atoms with Crippen LogP contribution in [0, 0.1) is 6.92 Å². The van der Waals surface area contributed by atoms with Gasteiger partial charge in [-0.2, -0.15) is 4.98 Å². The van der Waals surface area contributed by atoms with Crippen LogP contribution in [0.2, 0.25) is 0 Å². The standard InChI is InChI=1S/C14H20N6O2/c1-11-8-12(22-2)17-13(16-11)19-6-3-4-14(21,9-19)10-20-7-5-15-18-20/h5,7-8,21H,3-4,6,9-10H2,1-2H3. The van der Waals surface area contributed by atoms with E-state index in [2.05, 4.69) is 20.3 Å². The van der Waals surface area contributed by atoms with Gasteiger partial charge in [0.2, 0.25) is 11.8 Å². The Morgan fingerprint density at radius 3 is 3.00 bits per heavy atom. The van der Waals surface area contributed by atoms with Crippen LogP contribution in [0.15, 0.2) is 18.5 Å². The molecule has 118 valence electrons. The molecule has 0 aromatic carbocycles. The highest BCUT2D eigenvalue weighted by molar-refractivity contribution is 5.35. The van der Waals surface area contributed by atoms with Gasteiger partial charge in [0, 0.05) is 24.5 Å². The molecule has 2 aromatic heterocycles. The van der Waals surface area contributed by atoms with Crippen molar-refractivity contribution in [1.29, 1.82) is 0 Å². The Bertz CT molecular complexity index is 632. The van der Waals surface area contributed by atoms with Crippen molar-refractivity contribution in [2.75, 3.05) is 25.1 Å². The van der Waals surface area contributed by atoms with Crippen molar-refractivity contribution in [2.45, 2.75) is 31.9 Å². The summed E-state index contributed by atoms with van der Waals surface area (Å²) in [5.74, 6) is 1.13. The van der Waals surface area contributed by atoms with E-state index in [1.165, 1.54) is 0 Å². The summed E-state index contributed by atoms with van der Waals surface area (Å²) in [7, 11) is 1.59. The van der Waals surface area contributed by atoms with Gasteiger partial charge in [0.1, 0.15) is 5.60 Å². The molecule has 2 aromatic rings. The molecule has 8 nitrogen and oxygen atoms in total. The van der Waals surface area contributed by atoms with E-state index in [-0.39, 0.29) is 0 Å². The average Bonchev–Trinajstić information content (AvgIpc) is 2.98. The Morgan fingerprint density at radius 1 is 1.41 bits per heavy atom. The first-order valence-corrected chi connectivity index (χ1v) is 7.29. The van der Waals surface area contributed by atoms with Gasteiger partial charge < -0.3 is 14.7 Å². The van der Waals surface area contributed by atoms with Gasteiger partial charge in [-0.3, -0.25) is 0 Å². The number of β-amino-alcohol motifs (C(OH)–C–C–N with tert-alkyl or cyclic N) is 1. The van der Waals surface area contributed by atoms with Gasteiger partial charge in [-0.05, 0) is 19.8 Å². The first-order valence-electron chi connectivity index (χ1n) is 7.29. The molecule has 0 bridgehead atoms. The largest absolute Gasteiger partial charge is 0.481 e. The Labute approximate surface area is 128 Å². The zero-order chi connectivity index (χ0) is 15.6. The molecule has 0 saturated carbocycles. The summed E-state index contributed by atoms with van der Waals surface area (Å²) >= 11 is 0. The third-order valence-corrected chi connectivity index (χ3v) is 3.79. The minimum atomic E-state index is -0.869. The first kappa shape index (κ1) is 14.7. The van der Waals surface area contributed by atoms with Crippen LogP contribution in [0.1, 0.15) is 18.5 Å². The molecule has 1 unspecified atom stereocenters. The predicted molar refractivity (Wildman–Crippen MR) is 79.7 cm³/mol. The molecule has 1 fully saturated rings. The van der Waals surface area contributed by atoms with Crippen LogP contribution in [-0.2, 0) is 6.54 Å². The van der Waals surface area contributed by atoms with E-state index < -0.39 is 5.60 Å². The van der Waals surface area contributed by atoms with Gasteiger partial charge in [-0.15, -0.1) is 5.10 Å². The topological polar surface area (TPSA) is 89.2 Å². The van der Waals surface area contributed by atoms with E-state index in [1.54, 1.807) is 30.3 Å². The second-order valence-electron chi connectivity index (χ2n) is 5.70. The number of hydrogen-bond donors (Lipinski definition) is 1. The quantitative estimate of drug-likeness (QED) is 0.875. The van der Waals surface area contributed by atoms with Crippen LogP contribution in [0.4, 0.5) is 5.95 Å². The molecule has 1 aliphatic heterocycles. The van der Waals surface area contributed by atoms with E-state index in [0.717, 1.165) is 18.7 Å². The summed E-state index contributed by atoms with van der Waals surface area (Å²) in [6.07, 6.45) is 4.94. The van der Waals surface area contributed by atoms with Gasteiger partial charge in [-0.25, -0.2) is 9.67 Å². The fourth-order valence-corrected chi connectivity index (χ4v) is 2.80. The zero-order valence-electron chi connectivity index (χ0n) is 12.8. The molecule has 0 amide bonds. The molecule has 0 radical (unpaired) electrons. The summed E-state index contributed by atoms with van der Waals surface area (Å²) < 4.78 is 6.86. The van der Waals surface area contributed by atoms with Crippen molar-refractivity contribution in [3.05, 3.63) is 24.2 Å². The van der Waals surface area contributed by atoms with Crippen LogP contribution < -0.4 is 9.64 Å². The number of piperidine rings is 1. The van der Waals surface area contributed by atoms with Crippen LogP contribution in [0.5, 0.6) is 5.88 Å². The number of ether oxygens (including phenoxy) is 1. The van der Waals surface area contributed by atoms with Gasteiger partial charge in [0.05, 0.1) is 26.4 Å². The number of methoxy groups -OCH3 is 1. The van der Waals surface area contributed by atoms with Crippen molar-refractivity contribution in [1.82, 2.24) is 25.0 Å². The fraction of sp³-hybridized carbons (Fsp3) is 0.571. The van der Waals surface area contributed by atoms with Crippen LogP contribution in [0.25, 0.3) is 0 Å². The highest BCUT2D eigenvalue weighted by atomic mass is 16.5. The molecule has 3 rings (SSSR count). The number of nitrogens with zero attached hydrogens (tertiary/aromatic N) is 6. The van der Waals surface area contributed by atoms with E-state index in [4.69, 9.17) is 4.74 Å². The Hall–Kier alpha value is -2.22. The van der Waals surface area contributed by atoms with Crippen LogP contribution in [0.3, 0.4) is 0 Å². The minimum absolute atomic E-state index is 0.409. The number of aromatic nitrogens is 5. The number of anilines is 1. The summed E-state index contributed by atoms with van der Waals surface area (Å²) in [6, 6.07) is 1.79. The maximum absolute atomic E-state index is 10.9. The highest BCUT2D eigenvalue weighted by Crippen LogP contribution is 2.26. The molecule has 22 heavy (non-hydrogen) atoms. The van der Waals surface area contributed by atoms with Crippen molar-refractivity contribution in [3.8, 4) is 5.88 Å². The van der Waals surface area contributed by atoms with Crippen molar-refractivity contribution >= 4 is 5.95 Å². The summed E-state index contributed by atoms with van der Waals surface area (Å²) in [4.78, 5) is 10.8. The molecular weight excluding hydrogens is 284 g/mol. The van der Waals surface area contributed by atoms with E-state index in [9.17, 15) is 5.11 Å². The smallest absolute Gasteiger partial charge is 0.228 e. The number of aliphatic hydroxyl groups is 1. The fourth-order valence-electron chi connectivity index (χ4n) is 2.80. The third-order valence-electron chi connectivity index (χ3n) is 3.79. The third kappa shape index (κ3) is 3.16. The Morgan fingerprint density at radius 2 is 2.27 bits per heavy atom. The first-order chi connectivity index (χ1) is 10.6. The lowest BCUT2D eigenvalue weighted by atomic mass is 9.93. The molecular formula is C14H20N6O2. The van der Waals surface area contributed by atoms with Crippen molar-refractivity contribution < 1.29 is 9.84 Å². The molecule has 1 saturated heterocycles. The lowest BCUT2D eigenvalue weighted by molar-refractivity contribution is 0.00561. The molecule has 0 spiro atoms. The number of hydrogen-bond acceptors (Lipinski definition) is 7. The van der Waals surface area contributed by atoms with Crippen molar-refractivity contribution in [2.24, 2.45) is 0 Å². The molecule has 1 atom stereocenters. The minimum Gasteiger partial charge on any atom is -0.481 e. The molecule has 1 aliphatic rings. The SMILES string of the molecule is COc1cc(C)nc(N2CCCC(O)(Cn3ccnn3)C2)n1. The van der Waals surface area contributed by atoms with Gasteiger partial charge in [0.25, 0.3) is 0 Å². The van der Waals surface area contributed by atoms with E-state index >= 15 is 0 Å². The summed E-state index contributed by atoms with van der Waals surface area (Å²) in [5.41, 5.74) is -0.0287. The number of rotatable bonds is 4. The lowest BCUT2D eigenvalue weighted by Gasteiger charge is -2.39. The van der Waals surface area contributed by atoms with Crippen molar-refractivity contribution in [3.63, 3.8) is 0 Å². The monoisotopic (exact) mass is 304 g/mol. The van der Waals surface area contributed by atoms with Crippen LogP contribution >= 0.6 is 0 Å². The van der Waals surface area contributed by atoms with E-state index in [0.29, 0.717) is 31.3 Å². The Balaban J connectivity index is 1.79. The zero-order valence-corrected chi connectivity index (χ0v) is 12.8. The van der Waals surface area contributed by atoms with Gasteiger partial charge >= 0.3 is 0 Å². The Kier molecular flexibility index (Phi) is 3.93. The maximum atomic E-state index is 10.9. The highest BCUT2D eigenvalue weighted by Gasteiger charge is 2.35. The predicted octanol–water partition coefficient (Wildman–Crippen LogP) is 0.417. The average molecular weight is 304 g/mol.